The minimum Gasteiger partial charge on any atom is -0.459 e. The summed E-state index contributed by atoms with van der Waals surface area (Å²) in [5, 5.41) is 8.90. The highest BCUT2D eigenvalue weighted by Crippen LogP contribution is 2.14. The Balaban J connectivity index is 1.54. The van der Waals surface area contributed by atoms with Gasteiger partial charge in [0.05, 0.1) is 16.3 Å². The Morgan fingerprint density at radius 3 is 2.56 bits per heavy atom. The average Bonchev–Trinajstić information content (AvgIpc) is 3.29. The number of thiophene rings is 1. The number of hydrogen-bond donors (Lipinski definition) is 1. The molecule has 1 unspecified atom stereocenters. The highest BCUT2D eigenvalue weighted by molar-refractivity contribution is 7.12. The molecule has 6 nitrogen and oxygen atoms in total. The first-order chi connectivity index (χ1) is 12.9. The van der Waals surface area contributed by atoms with Gasteiger partial charge in [0.2, 0.25) is 0 Å². The van der Waals surface area contributed by atoms with E-state index in [-0.39, 0.29) is 12.5 Å². The molecule has 0 aliphatic rings. The van der Waals surface area contributed by atoms with Crippen molar-refractivity contribution in [1.82, 2.24) is 15.1 Å². The van der Waals surface area contributed by atoms with Crippen molar-refractivity contribution in [3.8, 4) is 5.69 Å². The number of amides is 1. The number of aryl methyl sites for hydroxylation is 2. The highest BCUT2D eigenvalue weighted by atomic mass is 32.1. The fourth-order valence-corrected chi connectivity index (χ4v) is 3.26. The molecule has 1 N–H and O–H groups in total. The zero-order valence-electron chi connectivity index (χ0n) is 15.4. The van der Waals surface area contributed by atoms with E-state index in [0.29, 0.717) is 4.88 Å². The molecule has 2 aromatic heterocycles. The van der Waals surface area contributed by atoms with Gasteiger partial charge in [0, 0.05) is 5.69 Å². The molecule has 0 bridgehead atoms. The topological polar surface area (TPSA) is 73.2 Å². The van der Waals surface area contributed by atoms with Crippen molar-refractivity contribution in [1.29, 1.82) is 0 Å². The Bertz CT molecular complexity index is 930. The average molecular weight is 383 g/mol. The summed E-state index contributed by atoms with van der Waals surface area (Å²) in [5.74, 6) is -0.744. The molecule has 3 rings (SSSR count). The predicted molar refractivity (Wildman–Crippen MR) is 104 cm³/mol. The zero-order valence-corrected chi connectivity index (χ0v) is 16.2. The number of carbonyl (C=O) groups is 2. The van der Waals surface area contributed by atoms with Crippen LogP contribution < -0.4 is 5.32 Å². The van der Waals surface area contributed by atoms with Crippen LogP contribution in [0.2, 0.25) is 0 Å². The molecule has 0 saturated carbocycles. The van der Waals surface area contributed by atoms with Gasteiger partial charge in [-0.2, -0.15) is 5.10 Å². The molecule has 7 heteroatoms. The van der Waals surface area contributed by atoms with Crippen molar-refractivity contribution in [3.05, 3.63) is 69.7 Å². The molecule has 0 fully saturated rings. The molecule has 1 amide bonds. The molecule has 3 aromatic rings. The minimum atomic E-state index is -0.714. The Morgan fingerprint density at radius 1 is 1.22 bits per heavy atom. The van der Waals surface area contributed by atoms with Gasteiger partial charge in [0.1, 0.15) is 12.6 Å². The summed E-state index contributed by atoms with van der Waals surface area (Å²) in [6, 6.07) is 12.5. The van der Waals surface area contributed by atoms with E-state index in [2.05, 4.69) is 10.4 Å². The third-order valence-corrected chi connectivity index (χ3v) is 4.89. The molecular formula is C20H21N3O3S. The Morgan fingerprint density at radius 2 is 1.96 bits per heavy atom. The summed E-state index contributed by atoms with van der Waals surface area (Å²) in [5.41, 5.74) is 3.84. The number of rotatable bonds is 6. The van der Waals surface area contributed by atoms with Crippen LogP contribution >= 0.6 is 11.3 Å². The van der Waals surface area contributed by atoms with Crippen molar-refractivity contribution < 1.29 is 14.3 Å². The van der Waals surface area contributed by atoms with Crippen molar-refractivity contribution in [2.75, 3.05) is 0 Å². The Labute approximate surface area is 161 Å². The molecule has 0 aliphatic heterocycles. The lowest BCUT2D eigenvalue weighted by molar-refractivity contribution is -0.146. The van der Waals surface area contributed by atoms with Crippen LogP contribution in [-0.4, -0.2) is 27.7 Å². The van der Waals surface area contributed by atoms with Gasteiger partial charge in [-0.3, -0.25) is 4.79 Å². The summed E-state index contributed by atoms with van der Waals surface area (Å²) in [4.78, 5) is 24.7. The van der Waals surface area contributed by atoms with E-state index in [1.165, 1.54) is 11.3 Å². The number of nitrogens with one attached hydrogen (secondary N) is 1. The lowest BCUT2D eigenvalue weighted by Gasteiger charge is -2.13. The maximum Gasteiger partial charge on any atom is 0.328 e. The Kier molecular flexibility index (Phi) is 5.71. The van der Waals surface area contributed by atoms with E-state index in [1.54, 1.807) is 19.1 Å². The summed E-state index contributed by atoms with van der Waals surface area (Å²) >= 11 is 1.33. The summed E-state index contributed by atoms with van der Waals surface area (Å²) in [6.07, 6.45) is 0. The fraction of sp³-hybridized carbons (Fsp3) is 0.250. The van der Waals surface area contributed by atoms with Gasteiger partial charge in [-0.25, -0.2) is 9.48 Å². The maximum atomic E-state index is 12.1. The molecule has 1 atom stereocenters. The number of hydrogen-bond acceptors (Lipinski definition) is 5. The van der Waals surface area contributed by atoms with Crippen LogP contribution in [0.3, 0.4) is 0 Å². The van der Waals surface area contributed by atoms with Gasteiger partial charge >= 0.3 is 5.97 Å². The van der Waals surface area contributed by atoms with E-state index in [0.717, 1.165) is 22.6 Å². The minimum absolute atomic E-state index is 0.148. The van der Waals surface area contributed by atoms with Gasteiger partial charge in [0.25, 0.3) is 5.91 Å². The van der Waals surface area contributed by atoms with Gasteiger partial charge in [0.15, 0.2) is 0 Å². The van der Waals surface area contributed by atoms with Crippen LogP contribution in [0.1, 0.15) is 33.5 Å². The second kappa shape index (κ2) is 8.18. The number of aromatic nitrogens is 2. The predicted octanol–water partition coefficient (Wildman–Crippen LogP) is 3.41. The first-order valence-corrected chi connectivity index (χ1v) is 9.45. The molecule has 0 spiro atoms. The summed E-state index contributed by atoms with van der Waals surface area (Å²) < 4.78 is 7.18. The van der Waals surface area contributed by atoms with Crippen LogP contribution in [0.15, 0.2) is 47.8 Å². The first-order valence-electron chi connectivity index (χ1n) is 8.57. The van der Waals surface area contributed by atoms with E-state index < -0.39 is 12.0 Å². The van der Waals surface area contributed by atoms with Gasteiger partial charge in [-0.15, -0.1) is 11.3 Å². The number of ether oxygens (including phenoxy) is 1. The standard InChI is InChI=1S/C20H21N3O3S/c1-13-11-14(2)23(22-13)17-8-6-16(7-9-17)12-26-20(25)15(3)21-19(24)18-5-4-10-27-18/h4-11,15H,12H2,1-3H3,(H,21,24). The molecule has 27 heavy (non-hydrogen) atoms. The molecule has 140 valence electrons. The van der Waals surface area contributed by atoms with Crippen molar-refractivity contribution >= 4 is 23.2 Å². The first kappa shape index (κ1) is 18.8. The van der Waals surface area contributed by atoms with Crippen LogP contribution in [0.4, 0.5) is 0 Å². The van der Waals surface area contributed by atoms with Gasteiger partial charge < -0.3 is 10.1 Å². The molecule has 0 aliphatic carbocycles. The van der Waals surface area contributed by atoms with E-state index in [9.17, 15) is 9.59 Å². The molecule has 2 heterocycles. The number of esters is 1. The molecule has 1 aromatic carbocycles. The quantitative estimate of drug-likeness (QED) is 0.662. The van der Waals surface area contributed by atoms with Crippen LogP contribution in [-0.2, 0) is 16.1 Å². The van der Waals surface area contributed by atoms with Crippen LogP contribution in [0, 0.1) is 13.8 Å². The summed E-state index contributed by atoms with van der Waals surface area (Å²) in [6.45, 7) is 5.71. The fourth-order valence-electron chi connectivity index (χ4n) is 2.64. The lowest BCUT2D eigenvalue weighted by Crippen LogP contribution is -2.39. The number of benzene rings is 1. The number of nitrogens with zero attached hydrogens (tertiary/aromatic N) is 2. The normalized spacial score (nSPS) is 11.8. The second-order valence-corrected chi connectivity index (χ2v) is 7.23. The third kappa shape index (κ3) is 4.62. The monoisotopic (exact) mass is 383 g/mol. The van der Waals surface area contributed by atoms with E-state index in [1.807, 2.05) is 54.2 Å². The summed E-state index contributed by atoms with van der Waals surface area (Å²) in [7, 11) is 0. The molecule has 0 saturated heterocycles. The van der Waals surface area contributed by atoms with Crippen molar-refractivity contribution in [2.45, 2.75) is 33.4 Å². The lowest BCUT2D eigenvalue weighted by atomic mass is 10.2. The highest BCUT2D eigenvalue weighted by Gasteiger charge is 2.18. The zero-order chi connectivity index (χ0) is 19.4. The van der Waals surface area contributed by atoms with Gasteiger partial charge in [-0.05, 0) is 56.0 Å². The SMILES string of the molecule is Cc1cc(C)n(-c2ccc(COC(=O)C(C)NC(=O)c3cccs3)cc2)n1. The Hall–Kier alpha value is -2.93. The largest absolute Gasteiger partial charge is 0.459 e. The van der Waals surface area contributed by atoms with E-state index in [4.69, 9.17) is 4.74 Å². The van der Waals surface area contributed by atoms with Crippen LogP contribution in [0.25, 0.3) is 5.69 Å². The van der Waals surface area contributed by atoms with Crippen molar-refractivity contribution in [3.63, 3.8) is 0 Å². The smallest absolute Gasteiger partial charge is 0.328 e. The third-order valence-electron chi connectivity index (χ3n) is 4.02. The van der Waals surface area contributed by atoms with Gasteiger partial charge in [-0.1, -0.05) is 18.2 Å². The molecule has 0 radical (unpaired) electrons. The number of carbonyl (C=O) groups excluding carboxylic acids is 2. The maximum absolute atomic E-state index is 12.1. The van der Waals surface area contributed by atoms with Crippen LogP contribution in [0.5, 0.6) is 0 Å². The molecular weight excluding hydrogens is 362 g/mol. The second-order valence-electron chi connectivity index (χ2n) is 6.29. The van der Waals surface area contributed by atoms with E-state index >= 15 is 0 Å². The van der Waals surface area contributed by atoms with Crippen molar-refractivity contribution in [2.24, 2.45) is 0 Å².